The molecule has 0 bridgehead atoms. The number of nitrogen functional groups attached to an aromatic ring is 1. The molecule has 30 nitrogen and oxygen atoms in total. The monoisotopic (exact) mass is 1950 g/mol. The van der Waals surface area contributed by atoms with Gasteiger partial charge in [0.2, 0.25) is 17.7 Å². The molecule has 3 amide bonds. The molecule has 0 saturated heterocycles. The molecule has 8 aromatic heterocycles. The number of carbonyl (C=O) groups excluding carboxylic acids is 3. The first-order valence-corrected chi connectivity index (χ1v) is 42.6. The van der Waals surface area contributed by atoms with Crippen molar-refractivity contribution >= 4 is 150 Å². The summed E-state index contributed by atoms with van der Waals surface area (Å²) in [6.07, 6.45) is 49.8. The first-order valence-electron chi connectivity index (χ1n) is 34.5. The molecule has 0 aliphatic heterocycles. The molecule has 0 aliphatic rings. The number of anilines is 4. The van der Waals surface area contributed by atoms with E-state index in [2.05, 4.69) is 297 Å². The minimum atomic E-state index is -3.39. The van der Waals surface area contributed by atoms with E-state index in [-0.39, 0.29) is 88.8 Å². The normalized spacial score (nSPS) is 7.82. The number of nitrogens with zero attached hydrogens (tertiary/aromatic N) is 12. The Balaban J connectivity index is -0.000000467. The van der Waals surface area contributed by atoms with Crippen molar-refractivity contribution in [3.63, 3.8) is 0 Å². The number of pyridine rings is 4. The summed E-state index contributed by atoms with van der Waals surface area (Å²) in [6, 6.07) is 14.4. The Kier molecular flexibility index (Phi) is 80.7. The molecule has 8 aromatic rings. The number of nitrogens with one attached hydrogen (secondary N) is 3. The minimum Gasteiger partial charge on any atom is 1.00 e. The Labute approximate surface area is 832 Å². The van der Waals surface area contributed by atoms with Crippen molar-refractivity contribution in [2.45, 2.75) is 35.1 Å². The summed E-state index contributed by atoms with van der Waals surface area (Å²) in [4.78, 5) is 72.0. The van der Waals surface area contributed by atoms with Crippen LogP contribution in [0.2, 0.25) is 20.6 Å². The van der Waals surface area contributed by atoms with E-state index >= 15 is 0 Å². The number of aromatic nitrogens is 12. The molecule has 7 N–H and O–H groups in total. The maximum Gasteiger partial charge on any atom is 1.00 e. The summed E-state index contributed by atoms with van der Waals surface area (Å²) < 4.78 is 47.9. The Morgan fingerprint density at radius 1 is 0.478 bits per heavy atom. The van der Waals surface area contributed by atoms with Gasteiger partial charge in [0.15, 0.2) is 30.4 Å². The largest absolute Gasteiger partial charge is 1.00 e. The Morgan fingerprint density at radius 3 is 0.933 bits per heavy atom. The van der Waals surface area contributed by atoms with E-state index in [1.165, 1.54) is 45.3 Å². The number of hydrogen-bond acceptors (Lipinski definition) is 23. The van der Waals surface area contributed by atoms with Gasteiger partial charge in [0.25, 0.3) is 5.97 Å². The topological polar surface area (TPSA) is 421 Å². The second kappa shape index (κ2) is 85.9. The average molecular weight is 1950 g/mol. The van der Waals surface area contributed by atoms with Crippen molar-refractivity contribution in [3.8, 4) is 286 Å². The zero-order valence-electron chi connectivity index (χ0n) is 71.2. The van der Waals surface area contributed by atoms with Crippen molar-refractivity contribution in [1.82, 2.24) is 59.1 Å². The van der Waals surface area contributed by atoms with Gasteiger partial charge in [-0.1, -0.05) is 71.6 Å². The van der Waals surface area contributed by atoms with Gasteiger partial charge in [-0.2, -0.15) is 43.9 Å². The van der Waals surface area contributed by atoms with E-state index in [4.69, 9.17) is 109 Å². The number of terminal acetylenes is 5. The van der Waals surface area contributed by atoms with E-state index in [1.807, 2.05) is 30.5 Å². The van der Waals surface area contributed by atoms with Crippen LogP contribution in [0.1, 0.15) is 35.1 Å². The maximum atomic E-state index is 11.5. The number of aliphatic carboxylic acids is 2. The van der Waals surface area contributed by atoms with E-state index in [0.29, 0.717) is 33.7 Å². The predicted molar refractivity (Wildman–Crippen MR) is 521 cm³/mol. The van der Waals surface area contributed by atoms with E-state index < -0.39 is 44.2 Å². The molecule has 1 atom stereocenters. The summed E-state index contributed by atoms with van der Waals surface area (Å²) in [6.45, 7) is 6.20. The van der Waals surface area contributed by atoms with Crippen LogP contribution >= 0.6 is 69.9 Å². The van der Waals surface area contributed by atoms with Crippen molar-refractivity contribution in [1.29, 1.82) is 0 Å². The van der Waals surface area contributed by atoms with E-state index in [0.717, 1.165) is 30.2 Å². The number of carboxylic acids is 2. The van der Waals surface area contributed by atoms with Crippen LogP contribution in [0.25, 0.3) is 22.7 Å². The molecule has 0 saturated carbocycles. The fourth-order valence-electron chi connectivity index (χ4n) is 6.51. The molecular formula is C94H68BCl4N16NaO14S4. The number of halogens is 4. The van der Waals surface area contributed by atoms with Crippen LogP contribution in [0.4, 0.5) is 22.7 Å². The smallest absolute Gasteiger partial charge is 1.00 e. The number of sulfone groups is 1. The number of carboxylic acid groups (broad SMARTS) is 2. The third kappa shape index (κ3) is 73.5. The van der Waals surface area contributed by atoms with Crippen LogP contribution in [0.5, 0.6) is 0 Å². The Hall–Kier alpha value is -16.5. The zero-order valence-corrected chi connectivity index (χ0v) is 79.5. The molecule has 0 fully saturated rings. The van der Waals surface area contributed by atoms with Crippen molar-refractivity contribution in [3.05, 3.63) is 144 Å². The van der Waals surface area contributed by atoms with Crippen LogP contribution in [-0.4, -0.2) is 167 Å². The van der Waals surface area contributed by atoms with Gasteiger partial charge in [0.05, 0.1) is 107 Å². The quantitative estimate of drug-likeness (QED) is 0.0318. The summed E-state index contributed by atoms with van der Waals surface area (Å²) in [5.41, 5.74) is 10.1. The molecule has 1 unspecified atom stereocenters. The van der Waals surface area contributed by atoms with Crippen LogP contribution in [0.3, 0.4) is 0 Å². The number of carbonyl (C=O) groups is 5. The van der Waals surface area contributed by atoms with Crippen molar-refractivity contribution in [2.75, 3.05) is 69.7 Å². The molecule has 8 rings (SSSR count). The van der Waals surface area contributed by atoms with Crippen LogP contribution in [-0.2, 0) is 59.2 Å². The molecule has 0 aliphatic carbocycles. The van der Waals surface area contributed by atoms with Crippen molar-refractivity contribution in [2.24, 2.45) is 0 Å². The number of hydrogen-bond donors (Lipinski definition) is 6. The van der Waals surface area contributed by atoms with Gasteiger partial charge in [0.1, 0.15) is 11.5 Å². The number of thioether (sulfide) groups is 2. The van der Waals surface area contributed by atoms with Crippen LogP contribution in [0, 0.1) is 263 Å². The second-order valence-electron chi connectivity index (χ2n) is 20.8. The standard InChI is InChI=1S/C15H4.C14H2.C13H4.C11H11ClN4O3S.C11H11ClN4O2S.C11H11ClN4OS.C8H7ClN4.C5H4.C3H6O2S.C2H4O2.CH4.BHO4.Na/c1-3-5-7-9-11-13-15-14-12-10-8-6-4-2;1-3-5-7-9-11-13-14-12-10-8-6-4-2;1-3-5-7-9-11-13-12-10-8-6-4-2;1-20(18,19)7-10(17)14-9-6-16(15-11(9)12)8-3-2-4-13-5-8;1-19(18)7-10(17)14-9-6-16(15-11(9)12)8-3-2-4-13-5-8;1-18-7-10(17)14-9-6-16(15-11(9)12)8-3-2-4-13-5-8;9-8-7(10)5-13(12-8)6-2-1-3-11-4-6;1-3-5-4-2;1-6-2-3(4)5;1-2(3)4;;2-1-4-5-3;/h1H,2H3;1-2H;1H,2H3;2-6H,7H2,1H3,(H,14,17);2-6H,7H2,1H3,(H,14,17);2-6H,7H2,1H3,(H,14,17);1-5H,10H2;1H,2H3;2H2,1H3,(H,4,5);1H3,(H,3,4);1H4;3H;/q;;;;;;;;;;;;+1/p-1. The summed E-state index contributed by atoms with van der Waals surface area (Å²) in [5, 5.41) is 51.1. The molecule has 0 spiro atoms. The van der Waals surface area contributed by atoms with E-state index in [9.17, 15) is 31.8 Å². The number of rotatable bonds is 17. The maximum absolute atomic E-state index is 11.5. The van der Waals surface area contributed by atoms with Gasteiger partial charge in [-0.3, -0.25) is 48.1 Å². The minimum absolute atomic E-state index is 0. The van der Waals surface area contributed by atoms with Crippen LogP contribution < -0.4 is 56.5 Å². The molecule has 664 valence electrons. The van der Waals surface area contributed by atoms with Gasteiger partial charge >= 0.3 is 62.7 Å². The van der Waals surface area contributed by atoms with Gasteiger partial charge < -0.3 is 31.9 Å². The predicted octanol–water partition coefficient (Wildman–Crippen LogP) is 4.44. The summed E-state index contributed by atoms with van der Waals surface area (Å²) in [5.74, 6) is 91.4. The van der Waals surface area contributed by atoms with Gasteiger partial charge in [0, 0.05) is 55.0 Å². The SMILES string of the molecule is C.C#CC#CC.C#CC#CC#CC#CC#CC#CC.C#CC#CC#CC#CC#CC#CC#C.C#CC#CC#CC#CC#CC#CC#CC.CC(=O)O.CS(=O)(=O)CC(=O)Nc1cn(-c2cccnc2)nc1Cl.CS(=O)CC(=O)Nc1cn(-c2cccnc2)nc1Cl.CSCC(=O)Nc1cn(-c2cccnc2)nc1Cl.CSCC(=O)O.Nc1cn(-c2cccnc2)nc1Cl.O=BOO[O-].[Na+]. The van der Waals surface area contributed by atoms with Crippen LogP contribution in [0.15, 0.2) is 123 Å². The first-order chi connectivity index (χ1) is 63.5. The first kappa shape index (κ1) is 126. The number of amides is 3. The summed E-state index contributed by atoms with van der Waals surface area (Å²) >= 11 is 26.2. The Morgan fingerprint density at radius 2 is 0.739 bits per heavy atom. The van der Waals surface area contributed by atoms with Gasteiger partial charge in [-0.25, -0.2) is 27.1 Å². The molecule has 8 heterocycles. The third-order valence-corrected chi connectivity index (χ3v) is 14.6. The second-order valence-corrected chi connectivity index (χ2v) is 27.6. The molecule has 0 aromatic carbocycles. The molecular weight excluding hydrogens is 1880 g/mol. The zero-order chi connectivity index (χ0) is 99.1. The fourth-order valence-corrected chi connectivity index (χ4v) is 8.74. The summed E-state index contributed by atoms with van der Waals surface area (Å²) in [7, 11) is -4.70. The van der Waals surface area contributed by atoms with Crippen molar-refractivity contribution < 1.29 is 96.2 Å². The third-order valence-electron chi connectivity index (χ3n) is 10.9. The fraction of sp³-hybridized carbons (Fsp3) is 0.138. The van der Waals surface area contributed by atoms with Gasteiger partial charge in [-0.05, 0) is 295 Å². The molecule has 134 heavy (non-hydrogen) atoms. The molecule has 0 radical (unpaired) electrons. The molecule has 40 heteroatoms. The average Bonchev–Trinajstić information content (AvgIpc) is 1.72. The Bertz CT molecular complexity index is 6750. The van der Waals surface area contributed by atoms with Gasteiger partial charge in [-0.15, -0.1) is 32.1 Å². The van der Waals surface area contributed by atoms with E-state index in [1.54, 1.807) is 129 Å². The number of nitrogens with two attached hydrogens (primary N) is 1.